The van der Waals surface area contributed by atoms with Crippen LogP contribution in [0.2, 0.25) is 0 Å². The molecule has 148 valence electrons. The minimum atomic E-state index is -3.75. The summed E-state index contributed by atoms with van der Waals surface area (Å²) in [5.41, 5.74) is 0. The Morgan fingerprint density at radius 3 is 1.73 bits per heavy atom. The number of carbonyl (C=O) groups is 1. The average Bonchev–Trinajstić information content (AvgIpc) is 2.62. The summed E-state index contributed by atoms with van der Waals surface area (Å²) in [7, 11) is -3.75. The fraction of sp³-hybridized carbons (Fsp3) is 0.562. The van der Waals surface area contributed by atoms with E-state index in [0.29, 0.717) is 33.0 Å². The fourth-order valence-electron chi connectivity index (χ4n) is 1.68. The van der Waals surface area contributed by atoms with Crippen LogP contribution < -0.4 is 0 Å². The van der Waals surface area contributed by atoms with Gasteiger partial charge in [-0.05, 0) is 12.1 Å². The van der Waals surface area contributed by atoms with Crippen molar-refractivity contribution in [3.8, 4) is 0 Å². The molecule has 0 amide bonds. The predicted octanol–water partition coefficient (Wildman–Crippen LogP) is 0.543. The first-order valence-corrected chi connectivity index (χ1v) is 9.40. The van der Waals surface area contributed by atoms with Crippen LogP contribution in [-0.4, -0.2) is 79.0 Å². The molecule has 9 nitrogen and oxygen atoms in total. The van der Waals surface area contributed by atoms with Gasteiger partial charge in [0, 0.05) is 0 Å². The number of rotatable bonds is 16. The lowest BCUT2D eigenvalue weighted by Gasteiger charge is -2.08. The van der Waals surface area contributed by atoms with E-state index < -0.39 is 16.1 Å². The van der Waals surface area contributed by atoms with Gasteiger partial charge in [0.05, 0.1) is 57.8 Å². The molecule has 0 aliphatic rings. The highest BCUT2D eigenvalue weighted by Gasteiger charge is 2.13. The average molecular weight is 392 g/mol. The minimum Gasteiger partial charge on any atom is -0.480 e. The molecule has 1 aromatic rings. The zero-order valence-corrected chi connectivity index (χ0v) is 15.2. The second-order valence-corrected chi connectivity index (χ2v) is 6.49. The Hall–Kier alpha value is -1.56. The number of carboxylic acid groups (broad SMARTS) is 1. The van der Waals surface area contributed by atoms with Crippen molar-refractivity contribution in [1.82, 2.24) is 0 Å². The van der Waals surface area contributed by atoms with Gasteiger partial charge in [-0.15, -0.1) is 0 Å². The van der Waals surface area contributed by atoms with Gasteiger partial charge in [0.25, 0.3) is 10.1 Å². The van der Waals surface area contributed by atoms with E-state index in [9.17, 15) is 13.2 Å². The molecule has 1 aromatic carbocycles. The van der Waals surface area contributed by atoms with Gasteiger partial charge in [-0.1, -0.05) is 18.2 Å². The maximum Gasteiger partial charge on any atom is 0.329 e. The molecule has 0 aliphatic carbocycles. The van der Waals surface area contributed by atoms with Crippen molar-refractivity contribution in [3.05, 3.63) is 30.3 Å². The molecule has 0 atom stereocenters. The van der Waals surface area contributed by atoms with Crippen LogP contribution in [0.4, 0.5) is 0 Å². The van der Waals surface area contributed by atoms with Gasteiger partial charge in [0.15, 0.2) is 0 Å². The van der Waals surface area contributed by atoms with E-state index in [1.165, 1.54) is 12.1 Å². The summed E-state index contributed by atoms with van der Waals surface area (Å²) >= 11 is 0. The Morgan fingerprint density at radius 2 is 1.23 bits per heavy atom. The molecular weight excluding hydrogens is 368 g/mol. The zero-order chi connectivity index (χ0) is 19.1. The summed E-state index contributed by atoms with van der Waals surface area (Å²) in [5.74, 6) is -1.02. The predicted molar refractivity (Wildman–Crippen MR) is 90.5 cm³/mol. The highest BCUT2D eigenvalue weighted by Crippen LogP contribution is 2.10. The van der Waals surface area contributed by atoms with E-state index in [0.717, 1.165) is 0 Å². The van der Waals surface area contributed by atoms with Crippen LogP contribution in [0.5, 0.6) is 0 Å². The largest absolute Gasteiger partial charge is 0.480 e. The van der Waals surface area contributed by atoms with Gasteiger partial charge in [-0.2, -0.15) is 8.42 Å². The zero-order valence-electron chi connectivity index (χ0n) is 14.4. The third-order valence-electron chi connectivity index (χ3n) is 2.84. The Morgan fingerprint density at radius 1 is 0.769 bits per heavy atom. The maximum absolute atomic E-state index is 11.8. The van der Waals surface area contributed by atoms with Crippen LogP contribution >= 0.6 is 0 Å². The minimum absolute atomic E-state index is 0.0727. The summed E-state index contributed by atoms with van der Waals surface area (Å²) in [6.45, 7) is 1.58. The van der Waals surface area contributed by atoms with Crippen molar-refractivity contribution in [2.24, 2.45) is 0 Å². The highest BCUT2D eigenvalue weighted by atomic mass is 32.2. The molecule has 1 N–H and O–H groups in total. The molecule has 0 saturated heterocycles. The van der Waals surface area contributed by atoms with E-state index in [1.807, 2.05) is 0 Å². The second kappa shape index (κ2) is 13.6. The standard InChI is InChI=1S/C16H24O9S/c17-16(18)14-24-11-10-22-7-6-21-8-9-23-12-13-25-26(19,20)15-4-2-1-3-5-15/h1-5H,6-14H2,(H,17,18). The van der Waals surface area contributed by atoms with Crippen molar-refractivity contribution in [2.45, 2.75) is 4.90 Å². The van der Waals surface area contributed by atoms with E-state index in [-0.39, 0.29) is 31.3 Å². The molecule has 1 rings (SSSR count). The monoisotopic (exact) mass is 392 g/mol. The third-order valence-corrected chi connectivity index (χ3v) is 4.17. The van der Waals surface area contributed by atoms with Crippen molar-refractivity contribution in [1.29, 1.82) is 0 Å². The Kier molecular flexibility index (Phi) is 11.8. The summed E-state index contributed by atoms with van der Waals surface area (Å²) in [6.07, 6.45) is 0. The van der Waals surface area contributed by atoms with Crippen LogP contribution in [-0.2, 0) is 38.0 Å². The van der Waals surface area contributed by atoms with E-state index in [2.05, 4.69) is 0 Å². The Labute approximate surface area is 152 Å². The number of aliphatic carboxylic acids is 1. The lowest BCUT2D eigenvalue weighted by atomic mass is 10.4. The Balaban J connectivity index is 1.89. The second-order valence-electron chi connectivity index (χ2n) is 4.87. The molecule has 0 radical (unpaired) electrons. The highest BCUT2D eigenvalue weighted by molar-refractivity contribution is 7.86. The van der Waals surface area contributed by atoms with E-state index >= 15 is 0 Å². The van der Waals surface area contributed by atoms with Crippen LogP contribution in [0.1, 0.15) is 0 Å². The lowest BCUT2D eigenvalue weighted by Crippen LogP contribution is -2.15. The van der Waals surface area contributed by atoms with Crippen LogP contribution in [0.25, 0.3) is 0 Å². The summed E-state index contributed by atoms with van der Waals surface area (Å²) in [4.78, 5) is 10.3. The third kappa shape index (κ3) is 11.1. The Bertz CT molecular complexity index is 589. The van der Waals surface area contributed by atoms with Gasteiger partial charge in [-0.25, -0.2) is 4.79 Å². The normalized spacial score (nSPS) is 11.5. The maximum atomic E-state index is 11.8. The SMILES string of the molecule is O=C(O)COCCOCCOCCOCCOS(=O)(=O)c1ccccc1. The van der Waals surface area contributed by atoms with E-state index in [4.69, 9.17) is 28.2 Å². The molecule has 0 bridgehead atoms. The van der Waals surface area contributed by atoms with Gasteiger partial charge in [-0.3, -0.25) is 4.18 Å². The lowest BCUT2D eigenvalue weighted by molar-refractivity contribution is -0.142. The first-order chi connectivity index (χ1) is 12.5. The molecule has 0 spiro atoms. The number of ether oxygens (including phenoxy) is 4. The van der Waals surface area contributed by atoms with Gasteiger partial charge >= 0.3 is 5.97 Å². The molecule has 10 heteroatoms. The molecule has 0 unspecified atom stereocenters. The van der Waals surface area contributed by atoms with Crippen molar-refractivity contribution in [3.63, 3.8) is 0 Å². The fourth-order valence-corrected chi connectivity index (χ4v) is 2.59. The van der Waals surface area contributed by atoms with Crippen molar-refractivity contribution >= 4 is 16.1 Å². The first kappa shape index (κ1) is 22.5. The molecule has 0 saturated carbocycles. The van der Waals surface area contributed by atoms with E-state index in [1.54, 1.807) is 18.2 Å². The van der Waals surface area contributed by atoms with Crippen molar-refractivity contribution < 1.29 is 41.4 Å². The number of benzene rings is 1. The smallest absolute Gasteiger partial charge is 0.329 e. The summed E-state index contributed by atoms with van der Waals surface area (Å²) in [6, 6.07) is 7.89. The van der Waals surface area contributed by atoms with Gasteiger partial charge in [0.1, 0.15) is 6.61 Å². The summed E-state index contributed by atoms with van der Waals surface area (Å²) < 4.78 is 48.9. The summed E-state index contributed by atoms with van der Waals surface area (Å²) in [5, 5.41) is 8.35. The molecular formula is C16H24O9S. The van der Waals surface area contributed by atoms with Gasteiger partial charge in [0.2, 0.25) is 0 Å². The quantitative estimate of drug-likeness (QED) is 0.318. The molecule has 0 fully saturated rings. The molecule has 0 aliphatic heterocycles. The first-order valence-electron chi connectivity index (χ1n) is 7.99. The van der Waals surface area contributed by atoms with Crippen LogP contribution in [0.15, 0.2) is 35.2 Å². The van der Waals surface area contributed by atoms with Crippen molar-refractivity contribution in [2.75, 3.05) is 59.5 Å². The molecule has 0 heterocycles. The topological polar surface area (TPSA) is 118 Å². The number of carboxylic acids is 1. The molecule has 26 heavy (non-hydrogen) atoms. The van der Waals surface area contributed by atoms with Crippen LogP contribution in [0.3, 0.4) is 0 Å². The van der Waals surface area contributed by atoms with Gasteiger partial charge < -0.3 is 24.1 Å². The number of hydrogen-bond acceptors (Lipinski definition) is 8. The molecule has 0 aromatic heterocycles. The number of hydrogen-bond donors (Lipinski definition) is 1. The van der Waals surface area contributed by atoms with Crippen LogP contribution in [0, 0.1) is 0 Å².